The molecule has 1 saturated carbocycles. The Bertz CT molecular complexity index is 1140. The van der Waals surface area contributed by atoms with Crippen molar-refractivity contribution < 1.29 is 42.6 Å². The van der Waals surface area contributed by atoms with Gasteiger partial charge in [-0.25, -0.2) is 9.37 Å². The van der Waals surface area contributed by atoms with Gasteiger partial charge in [-0.1, -0.05) is 12.8 Å². The summed E-state index contributed by atoms with van der Waals surface area (Å²) >= 11 is 6.14. The zero-order chi connectivity index (χ0) is 24.8. The Morgan fingerprint density at radius 3 is 2.62 bits per heavy atom. The summed E-state index contributed by atoms with van der Waals surface area (Å²) in [5.74, 6) is -0.933. The topological polar surface area (TPSA) is 180 Å². The second-order valence-electron chi connectivity index (χ2n) is 8.43. The van der Waals surface area contributed by atoms with Crippen LogP contribution in [-0.4, -0.2) is 83.3 Å². The van der Waals surface area contributed by atoms with Crippen molar-refractivity contribution >= 4 is 43.8 Å². The van der Waals surface area contributed by atoms with Gasteiger partial charge in [0.15, 0.2) is 35.3 Å². The van der Waals surface area contributed by atoms with E-state index in [1.807, 2.05) is 11.9 Å². The molecule has 3 heterocycles. The average Bonchev–Trinajstić information content (AvgIpc) is 3.45. The number of alkyl halides is 1. The van der Waals surface area contributed by atoms with Gasteiger partial charge in [0.2, 0.25) is 5.28 Å². The van der Waals surface area contributed by atoms with E-state index in [0.29, 0.717) is 11.3 Å². The third-order valence-electron chi connectivity index (χ3n) is 5.95. The number of hydrogen-bond acceptors (Lipinski definition) is 9. The number of halogens is 2. The first kappa shape index (κ1) is 25.9. The van der Waals surface area contributed by atoms with Crippen LogP contribution in [-0.2, 0) is 18.4 Å². The van der Waals surface area contributed by atoms with Crippen LogP contribution in [0.25, 0.3) is 11.2 Å². The van der Waals surface area contributed by atoms with Crippen molar-refractivity contribution in [3.63, 3.8) is 0 Å². The number of hydrogen-bond donors (Lipinski definition) is 4. The van der Waals surface area contributed by atoms with Crippen LogP contribution < -0.4 is 4.90 Å². The molecule has 0 radical (unpaired) electrons. The number of ether oxygens (including phenoxy) is 1. The van der Waals surface area contributed by atoms with Gasteiger partial charge in [0.05, 0.1) is 12.9 Å². The monoisotopic (exact) mass is 543 g/mol. The van der Waals surface area contributed by atoms with Gasteiger partial charge in [0, 0.05) is 13.1 Å². The number of fused-ring (bicyclic) bond motifs is 1. The van der Waals surface area contributed by atoms with Gasteiger partial charge in [-0.05, 0) is 24.4 Å². The number of nitrogens with zero attached hydrogens (tertiary/aromatic N) is 5. The maximum atomic E-state index is 15.0. The first-order valence-corrected chi connectivity index (χ1v) is 14.4. The molecule has 0 amide bonds. The molecule has 0 bridgehead atoms. The van der Waals surface area contributed by atoms with E-state index in [-0.39, 0.29) is 17.0 Å². The van der Waals surface area contributed by atoms with Crippen molar-refractivity contribution in [1.82, 2.24) is 19.5 Å². The Hall–Kier alpha value is -1.21. The van der Waals surface area contributed by atoms with Gasteiger partial charge >= 0.3 is 15.2 Å². The van der Waals surface area contributed by atoms with Crippen molar-refractivity contribution in [3.05, 3.63) is 11.6 Å². The summed E-state index contributed by atoms with van der Waals surface area (Å²) in [6.45, 7) is -0.774. The molecule has 1 aliphatic carbocycles. The first-order chi connectivity index (χ1) is 15.9. The van der Waals surface area contributed by atoms with E-state index in [1.165, 1.54) is 10.9 Å². The molecule has 2 aromatic rings. The zero-order valence-electron chi connectivity index (χ0n) is 18.0. The van der Waals surface area contributed by atoms with E-state index in [0.717, 1.165) is 25.7 Å². The van der Waals surface area contributed by atoms with E-state index in [4.69, 9.17) is 26.1 Å². The minimum Gasteiger partial charge on any atom is -0.387 e. The van der Waals surface area contributed by atoms with Gasteiger partial charge < -0.3 is 33.9 Å². The van der Waals surface area contributed by atoms with Crippen LogP contribution in [0.4, 0.5) is 10.2 Å². The summed E-state index contributed by atoms with van der Waals surface area (Å²) in [7, 11) is -7.67. The zero-order valence-corrected chi connectivity index (χ0v) is 20.6. The highest BCUT2D eigenvalue weighted by molar-refractivity contribution is 7.70. The molecule has 34 heavy (non-hydrogen) atoms. The normalized spacial score (nSPS) is 28.0. The van der Waals surface area contributed by atoms with Crippen molar-refractivity contribution in [2.45, 2.75) is 56.3 Å². The van der Waals surface area contributed by atoms with Crippen LogP contribution in [0.2, 0.25) is 5.28 Å². The first-order valence-electron chi connectivity index (χ1n) is 10.5. The Morgan fingerprint density at radius 1 is 1.29 bits per heavy atom. The number of anilines is 1. The van der Waals surface area contributed by atoms with Crippen molar-refractivity contribution in [1.29, 1.82) is 0 Å². The van der Waals surface area contributed by atoms with E-state index >= 15 is 0 Å². The number of aliphatic hydroxyl groups is 1. The third kappa shape index (κ3) is 5.45. The molecule has 1 unspecified atom stereocenters. The molecule has 4 rings (SSSR count). The number of rotatable bonds is 8. The van der Waals surface area contributed by atoms with E-state index in [1.54, 1.807) is 0 Å². The largest absolute Gasteiger partial charge is 0.387 e. The summed E-state index contributed by atoms with van der Waals surface area (Å²) in [4.78, 5) is 42.1. The molecule has 1 aliphatic heterocycles. The lowest BCUT2D eigenvalue weighted by atomic mass is 10.1. The molecule has 190 valence electrons. The molecule has 2 fully saturated rings. The quantitative estimate of drug-likeness (QED) is 0.280. The summed E-state index contributed by atoms with van der Waals surface area (Å²) in [5, 5.41) is 10.2. The third-order valence-corrected chi connectivity index (χ3v) is 9.58. The summed E-state index contributed by atoms with van der Waals surface area (Å²) in [5.41, 5.74) is 0.542. The molecule has 0 aromatic carbocycles. The molecular weight excluding hydrogens is 519 g/mol. The van der Waals surface area contributed by atoms with Crippen molar-refractivity contribution in [2.24, 2.45) is 0 Å². The fourth-order valence-electron chi connectivity index (χ4n) is 4.30. The fourth-order valence-corrected chi connectivity index (χ4v) is 7.03. The maximum absolute atomic E-state index is 15.0. The highest BCUT2D eigenvalue weighted by Crippen LogP contribution is 2.55. The average molecular weight is 544 g/mol. The van der Waals surface area contributed by atoms with Gasteiger partial charge in [-0.15, -0.1) is 0 Å². The number of aromatic nitrogens is 4. The van der Waals surface area contributed by atoms with Crippen LogP contribution in [0.1, 0.15) is 31.9 Å². The lowest BCUT2D eigenvalue weighted by molar-refractivity contribution is -0.0425. The van der Waals surface area contributed by atoms with Crippen LogP contribution in [0.3, 0.4) is 0 Å². The van der Waals surface area contributed by atoms with Gasteiger partial charge in [-0.3, -0.25) is 13.7 Å². The van der Waals surface area contributed by atoms with Crippen LogP contribution in [0, 0.1) is 0 Å². The Labute approximate surface area is 198 Å². The van der Waals surface area contributed by atoms with E-state index in [9.17, 15) is 23.5 Å². The predicted molar refractivity (Wildman–Crippen MR) is 118 cm³/mol. The fraction of sp³-hybridized carbons (Fsp3) is 0.706. The summed E-state index contributed by atoms with van der Waals surface area (Å²) < 4.78 is 49.3. The molecule has 2 aliphatic rings. The molecule has 4 N–H and O–H groups in total. The van der Waals surface area contributed by atoms with Crippen molar-refractivity contribution in [2.75, 3.05) is 24.5 Å². The molecule has 17 heteroatoms. The Kier molecular flexibility index (Phi) is 7.37. The molecule has 13 nitrogen and oxygen atoms in total. The number of imidazole rings is 1. The lowest BCUT2D eigenvalue weighted by Crippen LogP contribution is -2.31. The molecule has 2 aromatic heterocycles. The molecule has 0 spiro atoms. The second-order valence-corrected chi connectivity index (χ2v) is 12.8. The lowest BCUT2D eigenvalue weighted by Gasteiger charge is -2.25. The SMILES string of the molecule is CN(c1nc(Cl)nc2c1ncn2[C@@H]1O[C@H](COP(=O)(O)CP(=O)(O)O)[C@@H](O)[C@@H]1F)C1CCCC1. The van der Waals surface area contributed by atoms with Crippen molar-refractivity contribution in [3.8, 4) is 0 Å². The van der Waals surface area contributed by atoms with E-state index < -0.39 is 52.3 Å². The smallest absolute Gasteiger partial charge is 0.340 e. The van der Waals surface area contributed by atoms with Gasteiger partial charge in [-0.2, -0.15) is 9.97 Å². The van der Waals surface area contributed by atoms with E-state index in [2.05, 4.69) is 19.5 Å². The summed E-state index contributed by atoms with van der Waals surface area (Å²) in [6, 6.07) is 0.252. The maximum Gasteiger partial charge on any atom is 0.340 e. The minimum absolute atomic E-state index is 0.0819. The van der Waals surface area contributed by atoms with Crippen LogP contribution in [0.5, 0.6) is 0 Å². The Morgan fingerprint density at radius 2 is 1.97 bits per heavy atom. The van der Waals surface area contributed by atoms with Crippen LogP contribution >= 0.6 is 26.8 Å². The highest BCUT2D eigenvalue weighted by Gasteiger charge is 2.47. The summed E-state index contributed by atoms with van der Waals surface area (Å²) in [6.07, 6.45) is -1.10. The molecular formula is C17H25ClFN5O8P2. The second kappa shape index (κ2) is 9.68. The molecule has 5 atom stereocenters. The van der Waals surface area contributed by atoms with Crippen LogP contribution in [0.15, 0.2) is 6.33 Å². The van der Waals surface area contributed by atoms with Gasteiger partial charge in [0.1, 0.15) is 12.2 Å². The molecule has 1 saturated heterocycles. The minimum atomic E-state index is -4.84. The van der Waals surface area contributed by atoms with Gasteiger partial charge in [0.25, 0.3) is 0 Å². The standard InChI is InChI=1S/C17H25ClFN5O8P2/c1-23(9-4-2-3-5-9)14-12-15(22-17(18)21-14)24(7-20-12)16-11(19)13(25)10(32-16)6-31-34(29,30)8-33(26,27)28/h7,9-11,13,16,25H,2-6,8H2,1H3,(H,29,30)(H2,26,27,28)/t10-,11+,13-,16-/m1/s1. The number of aliphatic hydroxyl groups excluding tert-OH is 1. The predicted octanol–water partition coefficient (Wildman–Crippen LogP) is 1.79. The highest BCUT2D eigenvalue weighted by atomic mass is 35.5. The Balaban J connectivity index is 1.56.